The Labute approximate surface area is 133 Å². The van der Waals surface area contributed by atoms with Gasteiger partial charge in [-0.15, -0.1) is 0 Å². The Bertz CT molecular complexity index is 579. The van der Waals surface area contributed by atoms with E-state index in [1.54, 1.807) is 0 Å². The van der Waals surface area contributed by atoms with E-state index in [9.17, 15) is 13.2 Å². The molecule has 1 atom stereocenters. The van der Waals surface area contributed by atoms with E-state index in [-0.39, 0.29) is 10.9 Å². The molecule has 0 bridgehead atoms. The third-order valence-electron chi connectivity index (χ3n) is 3.36. The molecule has 124 valence electrons. The second-order valence-corrected chi connectivity index (χ2v) is 7.58. The summed E-state index contributed by atoms with van der Waals surface area (Å²) in [5.74, 6) is 0.133. The molecule has 0 fully saturated rings. The zero-order valence-electron chi connectivity index (χ0n) is 13.6. The fourth-order valence-electron chi connectivity index (χ4n) is 2.11. The van der Waals surface area contributed by atoms with Gasteiger partial charge >= 0.3 is 5.97 Å². The van der Waals surface area contributed by atoms with Crippen LogP contribution in [0, 0.1) is 5.92 Å². The number of methoxy groups -OCH3 is 1. The van der Waals surface area contributed by atoms with E-state index in [2.05, 4.69) is 23.3 Å². The molecule has 0 radical (unpaired) electrons. The number of hydrogen-bond donors (Lipinski definition) is 1. The highest BCUT2D eigenvalue weighted by Crippen LogP contribution is 2.14. The van der Waals surface area contributed by atoms with E-state index < -0.39 is 16.0 Å². The van der Waals surface area contributed by atoms with E-state index >= 15 is 0 Å². The molecule has 0 aliphatic heterocycles. The molecule has 5 nitrogen and oxygen atoms in total. The second-order valence-electron chi connectivity index (χ2n) is 5.86. The zero-order valence-corrected chi connectivity index (χ0v) is 14.4. The van der Waals surface area contributed by atoms with E-state index in [1.807, 2.05) is 6.92 Å². The fraction of sp³-hybridized carbons (Fsp3) is 0.562. The van der Waals surface area contributed by atoms with Gasteiger partial charge in [0.1, 0.15) is 0 Å². The van der Waals surface area contributed by atoms with Gasteiger partial charge < -0.3 is 4.74 Å². The maximum absolute atomic E-state index is 12.3. The molecule has 0 heterocycles. The monoisotopic (exact) mass is 327 g/mol. The number of carbonyl (C=O) groups is 1. The van der Waals surface area contributed by atoms with Crippen molar-refractivity contribution in [3.05, 3.63) is 29.8 Å². The van der Waals surface area contributed by atoms with Gasteiger partial charge in [0.2, 0.25) is 10.0 Å². The maximum Gasteiger partial charge on any atom is 0.337 e. The van der Waals surface area contributed by atoms with Crippen LogP contribution in [-0.4, -0.2) is 27.5 Å². The van der Waals surface area contributed by atoms with Gasteiger partial charge in [0, 0.05) is 6.04 Å². The minimum Gasteiger partial charge on any atom is -0.465 e. The average molecular weight is 327 g/mol. The van der Waals surface area contributed by atoms with Crippen LogP contribution < -0.4 is 4.72 Å². The van der Waals surface area contributed by atoms with Crippen molar-refractivity contribution in [3.8, 4) is 0 Å². The number of esters is 1. The smallest absolute Gasteiger partial charge is 0.337 e. The molecule has 0 aromatic heterocycles. The van der Waals surface area contributed by atoms with Crippen molar-refractivity contribution >= 4 is 16.0 Å². The Morgan fingerprint density at radius 1 is 1.14 bits per heavy atom. The Balaban J connectivity index is 2.67. The van der Waals surface area contributed by atoms with Crippen LogP contribution >= 0.6 is 0 Å². The molecule has 6 heteroatoms. The van der Waals surface area contributed by atoms with Gasteiger partial charge in [0.15, 0.2) is 0 Å². The lowest BCUT2D eigenvalue weighted by atomic mass is 10.0. The van der Waals surface area contributed by atoms with Crippen molar-refractivity contribution in [1.29, 1.82) is 0 Å². The summed E-state index contributed by atoms with van der Waals surface area (Å²) < 4.78 is 31.8. The minimum absolute atomic E-state index is 0.121. The molecule has 1 rings (SSSR count). The minimum atomic E-state index is -3.56. The first-order chi connectivity index (χ1) is 10.3. The van der Waals surface area contributed by atoms with Gasteiger partial charge in [-0.1, -0.05) is 26.7 Å². The average Bonchev–Trinajstić information content (AvgIpc) is 2.45. The van der Waals surface area contributed by atoms with Crippen LogP contribution in [0.2, 0.25) is 0 Å². The first-order valence-corrected chi connectivity index (χ1v) is 8.95. The van der Waals surface area contributed by atoms with Crippen LogP contribution in [0.15, 0.2) is 29.2 Å². The third kappa shape index (κ3) is 5.77. The molecular formula is C16H25NO4S. The van der Waals surface area contributed by atoms with Crippen molar-refractivity contribution in [3.63, 3.8) is 0 Å². The number of ether oxygens (including phenoxy) is 1. The highest BCUT2D eigenvalue weighted by atomic mass is 32.2. The molecule has 0 saturated heterocycles. The van der Waals surface area contributed by atoms with Crippen molar-refractivity contribution in [2.24, 2.45) is 5.92 Å². The molecule has 1 N–H and O–H groups in total. The number of hydrogen-bond acceptors (Lipinski definition) is 4. The summed E-state index contributed by atoms with van der Waals surface area (Å²) in [6.07, 6.45) is 2.88. The van der Waals surface area contributed by atoms with Gasteiger partial charge in [-0.3, -0.25) is 0 Å². The number of rotatable bonds is 8. The van der Waals surface area contributed by atoms with E-state index in [0.29, 0.717) is 11.5 Å². The number of nitrogens with one attached hydrogen (secondary N) is 1. The predicted molar refractivity (Wildman–Crippen MR) is 86.3 cm³/mol. The van der Waals surface area contributed by atoms with E-state index in [1.165, 1.54) is 31.4 Å². The molecule has 1 aromatic carbocycles. The number of benzene rings is 1. The SMILES string of the molecule is COC(=O)c1ccc(S(=O)(=O)NC(C)CCCC(C)C)cc1. The van der Waals surface area contributed by atoms with Crippen LogP contribution in [0.3, 0.4) is 0 Å². The molecule has 0 spiro atoms. The zero-order chi connectivity index (χ0) is 16.8. The normalized spacial score (nSPS) is 13.1. The van der Waals surface area contributed by atoms with Crippen LogP contribution in [0.1, 0.15) is 50.4 Å². The lowest BCUT2D eigenvalue weighted by molar-refractivity contribution is 0.0600. The highest BCUT2D eigenvalue weighted by Gasteiger charge is 2.18. The van der Waals surface area contributed by atoms with Gasteiger partial charge in [-0.25, -0.2) is 17.9 Å². The summed E-state index contributed by atoms with van der Waals surface area (Å²) in [5.41, 5.74) is 0.325. The first kappa shape index (κ1) is 18.6. The molecule has 1 unspecified atom stereocenters. The summed E-state index contributed by atoms with van der Waals surface area (Å²) in [6.45, 7) is 6.16. The summed E-state index contributed by atoms with van der Waals surface area (Å²) in [6, 6.07) is 5.60. The lowest BCUT2D eigenvalue weighted by Gasteiger charge is -2.15. The Kier molecular flexibility index (Phi) is 7.03. The summed E-state index contributed by atoms with van der Waals surface area (Å²) in [7, 11) is -2.28. The maximum atomic E-state index is 12.3. The van der Waals surface area contributed by atoms with Crippen molar-refractivity contribution in [2.45, 2.75) is 51.0 Å². The predicted octanol–water partition coefficient (Wildman–Crippen LogP) is 2.97. The topological polar surface area (TPSA) is 72.5 Å². The third-order valence-corrected chi connectivity index (χ3v) is 4.97. The standard InChI is InChI=1S/C16H25NO4S/c1-12(2)6-5-7-13(3)17-22(19,20)15-10-8-14(9-11-15)16(18)21-4/h8-13,17H,5-7H2,1-4H3. The van der Waals surface area contributed by atoms with Crippen LogP contribution in [0.25, 0.3) is 0 Å². The van der Waals surface area contributed by atoms with Crippen LogP contribution in [0.5, 0.6) is 0 Å². The molecule has 0 aliphatic rings. The summed E-state index contributed by atoms with van der Waals surface area (Å²) in [5, 5.41) is 0. The summed E-state index contributed by atoms with van der Waals surface area (Å²) in [4.78, 5) is 11.5. The largest absolute Gasteiger partial charge is 0.465 e. The Morgan fingerprint density at radius 3 is 2.23 bits per heavy atom. The molecule has 0 saturated carbocycles. The van der Waals surface area contributed by atoms with Gasteiger partial charge in [-0.2, -0.15) is 0 Å². The molecule has 22 heavy (non-hydrogen) atoms. The lowest BCUT2D eigenvalue weighted by Crippen LogP contribution is -2.32. The van der Waals surface area contributed by atoms with Crippen LogP contribution in [-0.2, 0) is 14.8 Å². The number of carbonyl (C=O) groups excluding carboxylic acids is 1. The Morgan fingerprint density at radius 2 is 1.73 bits per heavy atom. The van der Waals surface area contributed by atoms with Gasteiger partial charge in [0.05, 0.1) is 17.6 Å². The highest BCUT2D eigenvalue weighted by molar-refractivity contribution is 7.89. The fourth-order valence-corrected chi connectivity index (χ4v) is 3.39. The van der Waals surface area contributed by atoms with Gasteiger partial charge in [0.25, 0.3) is 0 Å². The number of sulfonamides is 1. The molecule has 0 amide bonds. The van der Waals surface area contributed by atoms with E-state index in [0.717, 1.165) is 19.3 Å². The Hall–Kier alpha value is -1.40. The molecule has 0 aliphatic carbocycles. The van der Waals surface area contributed by atoms with Crippen molar-refractivity contribution < 1.29 is 17.9 Å². The van der Waals surface area contributed by atoms with Crippen LogP contribution in [0.4, 0.5) is 0 Å². The van der Waals surface area contributed by atoms with Crippen molar-refractivity contribution in [1.82, 2.24) is 4.72 Å². The molecule has 1 aromatic rings. The first-order valence-electron chi connectivity index (χ1n) is 7.47. The van der Waals surface area contributed by atoms with Crippen molar-refractivity contribution in [2.75, 3.05) is 7.11 Å². The summed E-state index contributed by atoms with van der Waals surface area (Å²) >= 11 is 0. The molecular weight excluding hydrogens is 302 g/mol. The quantitative estimate of drug-likeness (QED) is 0.745. The van der Waals surface area contributed by atoms with E-state index in [4.69, 9.17) is 0 Å². The second kappa shape index (κ2) is 8.29. The van der Waals surface area contributed by atoms with Gasteiger partial charge in [-0.05, 0) is 43.5 Å².